The highest BCUT2D eigenvalue weighted by Gasteiger charge is 2.28. The van der Waals surface area contributed by atoms with Crippen LogP contribution < -0.4 is 10.1 Å². The first-order valence-corrected chi connectivity index (χ1v) is 11.1. The molecule has 1 N–H and O–H groups in total. The number of carbonyl (C=O) groups is 1. The molecule has 0 spiro atoms. The van der Waals surface area contributed by atoms with Crippen molar-refractivity contribution in [2.24, 2.45) is 0 Å². The fraction of sp³-hybridized carbons (Fsp3) is 0.381. The maximum absolute atomic E-state index is 12.7. The molecule has 0 aliphatic carbocycles. The molecule has 2 aromatic rings. The highest BCUT2D eigenvalue weighted by Crippen LogP contribution is 2.17. The second-order valence-electron chi connectivity index (χ2n) is 6.94. The summed E-state index contributed by atoms with van der Waals surface area (Å²) in [6, 6.07) is 16.2. The van der Waals surface area contributed by atoms with Gasteiger partial charge in [0, 0.05) is 32.7 Å². The Morgan fingerprint density at radius 1 is 1.00 bits per heavy atom. The number of benzene rings is 2. The summed E-state index contributed by atoms with van der Waals surface area (Å²) in [4.78, 5) is 14.5. The molecule has 0 saturated carbocycles. The van der Waals surface area contributed by atoms with Crippen LogP contribution in [0, 0.1) is 0 Å². The van der Waals surface area contributed by atoms with Crippen molar-refractivity contribution < 1.29 is 17.9 Å². The predicted molar refractivity (Wildman–Crippen MR) is 111 cm³/mol. The molecule has 1 aliphatic rings. The number of amides is 1. The average molecular weight is 418 g/mol. The van der Waals surface area contributed by atoms with Gasteiger partial charge in [-0.2, -0.15) is 4.31 Å². The number of piperazine rings is 1. The van der Waals surface area contributed by atoms with E-state index in [1.54, 1.807) is 37.4 Å². The third-order valence-electron chi connectivity index (χ3n) is 4.97. The van der Waals surface area contributed by atoms with E-state index >= 15 is 0 Å². The molecule has 1 aliphatic heterocycles. The third-order valence-corrected chi connectivity index (χ3v) is 6.89. The largest absolute Gasteiger partial charge is 0.497 e. The Balaban J connectivity index is 1.40. The Kier molecular flexibility index (Phi) is 7.24. The Morgan fingerprint density at radius 2 is 1.66 bits per heavy atom. The quantitative estimate of drug-likeness (QED) is 0.702. The van der Waals surface area contributed by atoms with E-state index in [0.29, 0.717) is 37.6 Å². The SMILES string of the molecule is COc1ccc(CCNC(=O)CN2CCN(S(=O)(=O)c3ccccc3)CC2)cc1. The minimum absolute atomic E-state index is 0.0436. The monoisotopic (exact) mass is 417 g/mol. The number of hydrogen-bond donors (Lipinski definition) is 1. The van der Waals surface area contributed by atoms with Gasteiger partial charge in [0.2, 0.25) is 15.9 Å². The summed E-state index contributed by atoms with van der Waals surface area (Å²) in [5, 5.41) is 2.93. The zero-order valence-electron chi connectivity index (χ0n) is 16.6. The van der Waals surface area contributed by atoms with Crippen LogP contribution in [-0.2, 0) is 21.2 Å². The van der Waals surface area contributed by atoms with E-state index in [2.05, 4.69) is 5.32 Å². The lowest BCUT2D eigenvalue weighted by molar-refractivity contribution is -0.122. The molecule has 0 radical (unpaired) electrons. The van der Waals surface area contributed by atoms with Gasteiger partial charge < -0.3 is 10.1 Å². The summed E-state index contributed by atoms with van der Waals surface area (Å²) >= 11 is 0. The van der Waals surface area contributed by atoms with Gasteiger partial charge in [0.05, 0.1) is 18.6 Å². The molecule has 1 heterocycles. The van der Waals surface area contributed by atoms with E-state index in [-0.39, 0.29) is 12.5 Å². The maximum atomic E-state index is 12.7. The maximum Gasteiger partial charge on any atom is 0.243 e. The van der Waals surface area contributed by atoms with Crippen LogP contribution in [0.25, 0.3) is 0 Å². The van der Waals surface area contributed by atoms with E-state index in [1.807, 2.05) is 29.2 Å². The highest BCUT2D eigenvalue weighted by atomic mass is 32.2. The molecular formula is C21H27N3O4S. The van der Waals surface area contributed by atoms with Gasteiger partial charge in [-0.3, -0.25) is 9.69 Å². The van der Waals surface area contributed by atoms with Gasteiger partial charge in [0.25, 0.3) is 0 Å². The van der Waals surface area contributed by atoms with Crippen LogP contribution in [-0.4, -0.2) is 69.9 Å². The first-order valence-electron chi connectivity index (χ1n) is 9.66. The van der Waals surface area contributed by atoms with E-state index in [0.717, 1.165) is 17.7 Å². The number of sulfonamides is 1. The third kappa shape index (κ3) is 5.79. The van der Waals surface area contributed by atoms with E-state index in [1.165, 1.54) is 4.31 Å². The summed E-state index contributed by atoms with van der Waals surface area (Å²) in [7, 11) is -1.84. The zero-order valence-corrected chi connectivity index (χ0v) is 17.4. The standard InChI is InChI=1S/C21H27N3O4S/c1-28-19-9-7-18(8-10-19)11-12-22-21(25)17-23-13-15-24(16-14-23)29(26,27)20-5-3-2-4-6-20/h2-10H,11-17H2,1H3,(H,22,25). The van der Waals surface area contributed by atoms with Gasteiger partial charge in [0.1, 0.15) is 5.75 Å². The highest BCUT2D eigenvalue weighted by molar-refractivity contribution is 7.89. The Bertz CT molecular complexity index is 893. The molecule has 1 fully saturated rings. The average Bonchev–Trinajstić information content (AvgIpc) is 2.75. The first-order chi connectivity index (χ1) is 14.0. The van der Waals surface area contributed by atoms with Gasteiger partial charge >= 0.3 is 0 Å². The van der Waals surface area contributed by atoms with Gasteiger partial charge in [-0.05, 0) is 36.2 Å². The Labute approximate surface area is 172 Å². The molecule has 8 heteroatoms. The van der Waals surface area contributed by atoms with Crippen LogP contribution >= 0.6 is 0 Å². The summed E-state index contributed by atoms with van der Waals surface area (Å²) < 4.78 is 31.9. The van der Waals surface area contributed by atoms with Crippen molar-refractivity contribution in [1.82, 2.24) is 14.5 Å². The van der Waals surface area contributed by atoms with Crippen LogP contribution in [0.3, 0.4) is 0 Å². The van der Waals surface area contributed by atoms with Crippen LogP contribution in [0.4, 0.5) is 0 Å². The number of methoxy groups -OCH3 is 1. The lowest BCUT2D eigenvalue weighted by Crippen LogP contribution is -2.51. The van der Waals surface area contributed by atoms with Gasteiger partial charge in [-0.1, -0.05) is 30.3 Å². The molecule has 0 aromatic heterocycles. The summed E-state index contributed by atoms with van der Waals surface area (Å²) in [5.74, 6) is 0.768. The van der Waals surface area contributed by atoms with Gasteiger partial charge in [-0.25, -0.2) is 8.42 Å². The molecule has 0 unspecified atom stereocenters. The molecular weight excluding hydrogens is 390 g/mol. The number of ether oxygens (including phenoxy) is 1. The van der Waals surface area contributed by atoms with Crippen molar-refractivity contribution in [3.63, 3.8) is 0 Å². The zero-order chi connectivity index (χ0) is 20.7. The van der Waals surface area contributed by atoms with Crippen LogP contribution in [0.5, 0.6) is 5.75 Å². The number of hydrogen-bond acceptors (Lipinski definition) is 5. The van der Waals surface area contributed by atoms with Crippen molar-refractivity contribution in [3.05, 3.63) is 60.2 Å². The second-order valence-corrected chi connectivity index (χ2v) is 8.88. The van der Waals surface area contributed by atoms with Gasteiger partial charge in [0.15, 0.2) is 0 Å². The molecule has 1 amide bonds. The fourth-order valence-electron chi connectivity index (χ4n) is 3.27. The molecule has 2 aromatic carbocycles. The number of nitrogens with zero attached hydrogens (tertiary/aromatic N) is 2. The summed E-state index contributed by atoms with van der Waals surface area (Å²) in [6.07, 6.45) is 0.749. The lowest BCUT2D eigenvalue weighted by Gasteiger charge is -2.33. The normalized spacial score (nSPS) is 15.8. The van der Waals surface area contributed by atoms with E-state index < -0.39 is 10.0 Å². The molecule has 1 saturated heterocycles. The van der Waals surface area contributed by atoms with Crippen molar-refractivity contribution in [2.75, 3.05) is 46.4 Å². The summed E-state index contributed by atoms with van der Waals surface area (Å²) in [6.45, 7) is 2.69. The molecule has 156 valence electrons. The minimum Gasteiger partial charge on any atom is -0.497 e. The Morgan fingerprint density at radius 3 is 2.28 bits per heavy atom. The van der Waals surface area contributed by atoms with Crippen LogP contribution in [0.1, 0.15) is 5.56 Å². The van der Waals surface area contributed by atoms with Crippen molar-refractivity contribution in [1.29, 1.82) is 0 Å². The molecule has 0 bridgehead atoms. The summed E-state index contributed by atoms with van der Waals surface area (Å²) in [5.41, 5.74) is 1.13. The van der Waals surface area contributed by atoms with E-state index in [4.69, 9.17) is 4.74 Å². The van der Waals surface area contributed by atoms with Crippen molar-refractivity contribution in [2.45, 2.75) is 11.3 Å². The number of carbonyl (C=O) groups excluding carboxylic acids is 1. The Hall–Kier alpha value is -2.42. The molecule has 3 rings (SSSR count). The van der Waals surface area contributed by atoms with Crippen LogP contribution in [0.2, 0.25) is 0 Å². The molecule has 7 nitrogen and oxygen atoms in total. The van der Waals surface area contributed by atoms with Crippen molar-refractivity contribution >= 4 is 15.9 Å². The molecule has 0 atom stereocenters. The topological polar surface area (TPSA) is 79.0 Å². The second kappa shape index (κ2) is 9.87. The fourth-order valence-corrected chi connectivity index (χ4v) is 4.71. The predicted octanol–water partition coefficient (Wildman–Crippen LogP) is 1.36. The van der Waals surface area contributed by atoms with Crippen LogP contribution in [0.15, 0.2) is 59.5 Å². The molecule has 29 heavy (non-hydrogen) atoms. The van der Waals surface area contributed by atoms with Gasteiger partial charge in [-0.15, -0.1) is 0 Å². The lowest BCUT2D eigenvalue weighted by atomic mass is 10.1. The number of nitrogens with one attached hydrogen (secondary N) is 1. The first kappa shape index (κ1) is 21.3. The smallest absolute Gasteiger partial charge is 0.243 e. The number of rotatable bonds is 8. The minimum atomic E-state index is -3.47. The van der Waals surface area contributed by atoms with Crippen molar-refractivity contribution in [3.8, 4) is 5.75 Å². The van der Waals surface area contributed by atoms with E-state index in [9.17, 15) is 13.2 Å².